The summed E-state index contributed by atoms with van der Waals surface area (Å²) in [5.41, 5.74) is 0.835. The van der Waals surface area contributed by atoms with Gasteiger partial charge in [0.1, 0.15) is 11.1 Å². The lowest BCUT2D eigenvalue weighted by Crippen LogP contribution is -2.44. The Morgan fingerprint density at radius 3 is 2.42 bits per heavy atom. The van der Waals surface area contributed by atoms with E-state index in [4.69, 9.17) is 23.2 Å². The number of amides is 1. The van der Waals surface area contributed by atoms with Gasteiger partial charge in [-0.1, -0.05) is 53.5 Å². The first-order chi connectivity index (χ1) is 9.00. The molecular weight excluding hydrogens is 289 g/mol. The second kappa shape index (κ2) is 5.63. The molecule has 1 aromatic carbocycles. The van der Waals surface area contributed by atoms with Gasteiger partial charge in [0.15, 0.2) is 0 Å². The predicted octanol–water partition coefficient (Wildman–Crippen LogP) is 2.21. The van der Waals surface area contributed by atoms with Crippen molar-refractivity contribution in [1.29, 1.82) is 0 Å². The van der Waals surface area contributed by atoms with Crippen LogP contribution in [-0.2, 0) is 16.0 Å². The Hall–Kier alpha value is -1.52. The van der Waals surface area contributed by atoms with Crippen LogP contribution in [0.1, 0.15) is 5.56 Å². The van der Waals surface area contributed by atoms with Crippen LogP contribution in [-0.4, -0.2) is 34.5 Å². The highest BCUT2D eigenvalue weighted by molar-refractivity contribution is 6.49. The van der Waals surface area contributed by atoms with Crippen molar-refractivity contribution in [2.75, 3.05) is 6.54 Å². The Bertz CT molecular complexity index is 542. The van der Waals surface area contributed by atoms with E-state index < -0.39 is 17.9 Å². The van der Waals surface area contributed by atoms with Gasteiger partial charge in [0.25, 0.3) is 5.91 Å². The number of carboxylic acids is 1. The summed E-state index contributed by atoms with van der Waals surface area (Å²) in [5.74, 6) is -1.61. The summed E-state index contributed by atoms with van der Waals surface area (Å²) in [4.78, 5) is 24.4. The van der Waals surface area contributed by atoms with Gasteiger partial charge in [-0.25, -0.2) is 4.79 Å². The molecule has 0 aliphatic carbocycles. The molecule has 0 radical (unpaired) electrons. The van der Waals surface area contributed by atoms with E-state index in [1.165, 1.54) is 4.90 Å². The molecule has 1 aromatic rings. The van der Waals surface area contributed by atoms with Gasteiger partial charge >= 0.3 is 5.97 Å². The zero-order chi connectivity index (χ0) is 14.0. The third-order valence-electron chi connectivity index (χ3n) is 2.93. The number of nitrogens with zero attached hydrogens (tertiary/aromatic N) is 1. The fourth-order valence-corrected chi connectivity index (χ4v) is 2.33. The highest BCUT2D eigenvalue weighted by Gasteiger charge is 2.37. The quantitative estimate of drug-likeness (QED) is 0.927. The standard InChI is InChI=1S/C13H11Cl2NO3/c14-9-7-16(12(17)11(9)15)10(13(18)19)6-8-4-2-1-3-5-8/h1-5,10H,6-7H2,(H,18,19)/t10-/m0/s1. The second-order valence-electron chi connectivity index (χ2n) is 4.20. The van der Waals surface area contributed by atoms with E-state index in [9.17, 15) is 14.7 Å². The average Bonchev–Trinajstić information content (AvgIpc) is 2.64. The highest BCUT2D eigenvalue weighted by Crippen LogP contribution is 2.27. The fourth-order valence-electron chi connectivity index (χ4n) is 1.95. The number of carbonyl (C=O) groups is 2. The number of benzene rings is 1. The molecule has 1 aliphatic heterocycles. The summed E-state index contributed by atoms with van der Waals surface area (Å²) in [5, 5.41) is 9.38. The fraction of sp³-hybridized carbons (Fsp3) is 0.231. The second-order valence-corrected chi connectivity index (χ2v) is 5.03. The van der Waals surface area contributed by atoms with Gasteiger partial charge in [-0.3, -0.25) is 4.79 Å². The van der Waals surface area contributed by atoms with Gasteiger partial charge in [0, 0.05) is 6.42 Å². The van der Waals surface area contributed by atoms with Gasteiger partial charge in [0.05, 0.1) is 11.6 Å². The minimum Gasteiger partial charge on any atom is -0.480 e. The van der Waals surface area contributed by atoms with E-state index in [1.54, 1.807) is 0 Å². The SMILES string of the molecule is O=C(O)[C@H](Cc1ccccc1)N1CC(Cl)=C(Cl)C1=O. The lowest BCUT2D eigenvalue weighted by atomic mass is 10.0. The Morgan fingerprint density at radius 1 is 1.32 bits per heavy atom. The monoisotopic (exact) mass is 299 g/mol. The molecule has 0 bridgehead atoms. The van der Waals surface area contributed by atoms with E-state index in [0.29, 0.717) is 0 Å². The molecule has 0 fully saturated rings. The van der Waals surface area contributed by atoms with Crippen molar-refractivity contribution in [2.45, 2.75) is 12.5 Å². The molecule has 4 nitrogen and oxygen atoms in total. The molecule has 2 rings (SSSR count). The zero-order valence-electron chi connectivity index (χ0n) is 9.85. The molecule has 1 atom stereocenters. The largest absolute Gasteiger partial charge is 0.480 e. The summed E-state index contributed by atoms with van der Waals surface area (Å²) in [6.45, 7) is 0.0447. The number of aliphatic carboxylic acids is 1. The van der Waals surface area contributed by atoms with Crippen LogP contribution in [0, 0.1) is 0 Å². The van der Waals surface area contributed by atoms with Crippen LogP contribution in [0.2, 0.25) is 0 Å². The van der Waals surface area contributed by atoms with E-state index in [1.807, 2.05) is 30.3 Å². The summed E-state index contributed by atoms with van der Waals surface area (Å²) >= 11 is 11.5. The molecule has 1 N–H and O–H groups in total. The van der Waals surface area contributed by atoms with Crippen molar-refractivity contribution in [3.8, 4) is 0 Å². The molecule has 1 heterocycles. The van der Waals surface area contributed by atoms with Crippen molar-refractivity contribution in [1.82, 2.24) is 4.90 Å². The maximum atomic E-state index is 11.8. The number of carbonyl (C=O) groups excluding carboxylic acids is 1. The van der Waals surface area contributed by atoms with Gasteiger partial charge < -0.3 is 10.0 Å². The lowest BCUT2D eigenvalue weighted by Gasteiger charge is -2.24. The molecule has 100 valence electrons. The third kappa shape index (κ3) is 2.91. The van der Waals surface area contributed by atoms with Crippen molar-refractivity contribution in [2.24, 2.45) is 0 Å². The molecule has 6 heteroatoms. The average molecular weight is 300 g/mol. The summed E-state index contributed by atoms with van der Waals surface area (Å²) in [7, 11) is 0. The van der Waals surface area contributed by atoms with Gasteiger partial charge in [-0.05, 0) is 5.56 Å². The van der Waals surface area contributed by atoms with Crippen LogP contribution in [0.4, 0.5) is 0 Å². The van der Waals surface area contributed by atoms with Gasteiger partial charge in [-0.2, -0.15) is 0 Å². The van der Waals surface area contributed by atoms with Crippen LogP contribution >= 0.6 is 23.2 Å². The first-order valence-corrected chi connectivity index (χ1v) is 6.38. The Labute approximate surface area is 120 Å². The number of carboxylic acid groups (broad SMARTS) is 1. The molecule has 0 spiro atoms. The Balaban J connectivity index is 2.19. The Kier molecular flexibility index (Phi) is 4.12. The lowest BCUT2D eigenvalue weighted by molar-refractivity contribution is -0.147. The normalized spacial score (nSPS) is 16.9. The van der Waals surface area contributed by atoms with Gasteiger partial charge in [0.2, 0.25) is 0 Å². The zero-order valence-corrected chi connectivity index (χ0v) is 11.4. The van der Waals surface area contributed by atoms with Crippen molar-refractivity contribution < 1.29 is 14.7 Å². The molecule has 1 aliphatic rings. The molecule has 0 unspecified atom stereocenters. The smallest absolute Gasteiger partial charge is 0.326 e. The number of hydrogen-bond acceptors (Lipinski definition) is 2. The molecule has 0 saturated carbocycles. The van der Waals surface area contributed by atoms with Crippen LogP contribution in [0.25, 0.3) is 0 Å². The minimum atomic E-state index is -1.08. The van der Waals surface area contributed by atoms with Crippen molar-refractivity contribution in [3.63, 3.8) is 0 Å². The Morgan fingerprint density at radius 2 is 1.95 bits per heavy atom. The van der Waals surface area contributed by atoms with Crippen molar-refractivity contribution in [3.05, 3.63) is 46.0 Å². The third-order valence-corrected chi connectivity index (χ3v) is 3.72. The molecule has 19 heavy (non-hydrogen) atoms. The first-order valence-electron chi connectivity index (χ1n) is 5.62. The number of rotatable bonds is 4. The van der Waals surface area contributed by atoms with Crippen LogP contribution in [0.3, 0.4) is 0 Å². The van der Waals surface area contributed by atoms with Crippen LogP contribution < -0.4 is 0 Å². The van der Waals surface area contributed by atoms with Crippen LogP contribution in [0.5, 0.6) is 0 Å². The molecule has 0 saturated heterocycles. The minimum absolute atomic E-state index is 0.0447. The van der Waals surface area contributed by atoms with E-state index >= 15 is 0 Å². The molecule has 1 amide bonds. The summed E-state index contributed by atoms with van der Waals surface area (Å²) in [6.07, 6.45) is 0.219. The number of halogens is 2. The predicted molar refractivity (Wildman–Crippen MR) is 72.0 cm³/mol. The van der Waals surface area contributed by atoms with Crippen LogP contribution in [0.15, 0.2) is 40.4 Å². The van der Waals surface area contributed by atoms with E-state index in [-0.39, 0.29) is 23.0 Å². The molecular formula is C13H11Cl2NO3. The van der Waals surface area contributed by atoms with Gasteiger partial charge in [-0.15, -0.1) is 0 Å². The van der Waals surface area contributed by atoms with Crippen molar-refractivity contribution >= 4 is 35.1 Å². The van der Waals surface area contributed by atoms with E-state index in [0.717, 1.165) is 5.56 Å². The topological polar surface area (TPSA) is 57.6 Å². The summed E-state index contributed by atoms with van der Waals surface area (Å²) < 4.78 is 0. The van der Waals surface area contributed by atoms with E-state index in [2.05, 4.69) is 0 Å². The highest BCUT2D eigenvalue weighted by atomic mass is 35.5. The molecule has 0 aromatic heterocycles. The maximum Gasteiger partial charge on any atom is 0.326 e. The maximum absolute atomic E-state index is 11.8. The number of hydrogen-bond donors (Lipinski definition) is 1. The summed E-state index contributed by atoms with van der Waals surface area (Å²) in [6, 6.07) is 8.13. The first kappa shape index (κ1) is 13.9.